The van der Waals surface area contributed by atoms with Crippen molar-refractivity contribution < 1.29 is 42.1 Å². The molecule has 2 fully saturated rings. The number of imidazole rings is 1. The predicted molar refractivity (Wildman–Crippen MR) is 160 cm³/mol. The first-order chi connectivity index (χ1) is 21.4. The molecule has 14 heteroatoms. The van der Waals surface area contributed by atoms with Gasteiger partial charge in [-0.05, 0) is 42.4 Å². The number of aromatic nitrogens is 2. The van der Waals surface area contributed by atoms with E-state index >= 15 is 0 Å². The van der Waals surface area contributed by atoms with Crippen LogP contribution in [0.4, 0.5) is 18.0 Å². The van der Waals surface area contributed by atoms with E-state index in [9.17, 15) is 22.8 Å². The van der Waals surface area contributed by atoms with Crippen molar-refractivity contribution in [3.63, 3.8) is 0 Å². The van der Waals surface area contributed by atoms with Crippen LogP contribution in [0.5, 0.6) is 5.75 Å². The van der Waals surface area contributed by atoms with Crippen LogP contribution in [-0.2, 0) is 27.2 Å². The summed E-state index contributed by atoms with van der Waals surface area (Å²) in [6.45, 7) is 6.76. The first-order valence-electron chi connectivity index (χ1n) is 15.3. The van der Waals surface area contributed by atoms with Gasteiger partial charge in [0.2, 0.25) is 5.91 Å². The smallest absolute Gasteiger partial charge is 0.490 e. The molecule has 250 valence electrons. The normalized spacial score (nSPS) is 19.7. The number of carbonyl (C=O) groups excluding carboxylic acids is 2. The summed E-state index contributed by atoms with van der Waals surface area (Å²) in [5, 5.41) is 12.9. The summed E-state index contributed by atoms with van der Waals surface area (Å²) in [6.07, 6.45) is 5.16. The number of nitrogens with one attached hydrogen (secondary N) is 3. The predicted octanol–water partition coefficient (Wildman–Crippen LogP) is 4.34. The van der Waals surface area contributed by atoms with E-state index in [-0.39, 0.29) is 17.5 Å². The number of carboxylic acids is 1. The number of H-pyrrole nitrogens is 1. The molecule has 0 radical (unpaired) electrons. The molecule has 45 heavy (non-hydrogen) atoms. The second-order valence-electron chi connectivity index (χ2n) is 11.6. The number of methoxy groups -OCH3 is 1. The van der Waals surface area contributed by atoms with E-state index < -0.39 is 18.2 Å². The van der Waals surface area contributed by atoms with E-state index in [1.165, 1.54) is 19.3 Å². The van der Waals surface area contributed by atoms with E-state index in [1.54, 1.807) is 19.6 Å². The number of nitrogens with zero attached hydrogens (tertiary/aromatic N) is 2. The fourth-order valence-electron chi connectivity index (χ4n) is 5.95. The van der Waals surface area contributed by atoms with Crippen LogP contribution in [0.3, 0.4) is 0 Å². The fourth-order valence-corrected chi connectivity index (χ4v) is 5.95. The SMILES string of the molecule is CCCOC1(C2CCCCC2C)CN(C(=O)C(Cc2ccc(OC)cc2)NC(=O)NCCc2c[nH]cn2)C1.O=C(O)C(F)(F)F. The van der Waals surface area contributed by atoms with Crippen LogP contribution < -0.4 is 15.4 Å². The van der Waals surface area contributed by atoms with Crippen molar-refractivity contribution in [1.29, 1.82) is 0 Å². The summed E-state index contributed by atoms with van der Waals surface area (Å²) < 4.78 is 43.5. The number of benzene rings is 1. The molecule has 11 nitrogen and oxygen atoms in total. The third kappa shape index (κ3) is 10.4. The van der Waals surface area contributed by atoms with E-state index in [1.807, 2.05) is 29.2 Å². The summed E-state index contributed by atoms with van der Waals surface area (Å²) in [5.41, 5.74) is 1.55. The number of carboxylic acid groups (broad SMARTS) is 1. The van der Waals surface area contributed by atoms with Gasteiger partial charge in [-0.2, -0.15) is 13.2 Å². The molecule has 1 aromatic carbocycles. The lowest BCUT2D eigenvalue weighted by Crippen LogP contribution is -2.71. The van der Waals surface area contributed by atoms with Gasteiger partial charge in [-0.25, -0.2) is 14.6 Å². The zero-order valence-corrected chi connectivity index (χ0v) is 26.0. The lowest BCUT2D eigenvalue weighted by atomic mass is 9.67. The zero-order valence-electron chi connectivity index (χ0n) is 26.0. The monoisotopic (exact) mass is 639 g/mol. The summed E-state index contributed by atoms with van der Waals surface area (Å²) in [7, 11) is 1.63. The van der Waals surface area contributed by atoms with Gasteiger partial charge in [-0.1, -0.05) is 45.2 Å². The molecule has 1 saturated heterocycles. The van der Waals surface area contributed by atoms with Crippen molar-refractivity contribution in [2.45, 2.75) is 76.6 Å². The van der Waals surface area contributed by atoms with E-state index in [4.69, 9.17) is 19.4 Å². The number of amides is 3. The minimum absolute atomic E-state index is 0.0672. The molecule has 1 aliphatic heterocycles. The summed E-state index contributed by atoms with van der Waals surface area (Å²) in [6, 6.07) is 6.58. The van der Waals surface area contributed by atoms with Crippen molar-refractivity contribution in [3.8, 4) is 5.75 Å². The first-order valence-corrected chi connectivity index (χ1v) is 15.3. The number of rotatable bonds is 12. The highest BCUT2D eigenvalue weighted by Gasteiger charge is 2.54. The first kappa shape index (κ1) is 35.7. The summed E-state index contributed by atoms with van der Waals surface area (Å²) in [5.74, 6) is -1.02. The molecule has 4 N–H and O–H groups in total. The van der Waals surface area contributed by atoms with Gasteiger partial charge in [-0.3, -0.25) is 4.79 Å². The maximum Gasteiger partial charge on any atom is 0.490 e. The molecule has 2 aromatic rings. The van der Waals surface area contributed by atoms with Crippen LogP contribution in [-0.4, -0.2) is 89.1 Å². The van der Waals surface area contributed by atoms with Crippen LogP contribution in [0.15, 0.2) is 36.8 Å². The molecule has 3 unspecified atom stereocenters. The molecule has 2 heterocycles. The number of likely N-dealkylation sites (tertiary alicyclic amines) is 1. The number of alkyl halides is 3. The summed E-state index contributed by atoms with van der Waals surface area (Å²) in [4.78, 5) is 44.4. The van der Waals surface area contributed by atoms with Gasteiger partial charge in [0.05, 0.1) is 32.2 Å². The van der Waals surface area contributed by atoms with Crippen molar-refractivity contribution >= 4 is 17.9 Å². The molecule has 1 aliphatic carbocycles. The highest BCUT2D eigenvalue weighted by molar-refractivity contribution is 5.88. The van der Waals surface area contributed by atoms with Gasteiger partial charge < -0.3 is 35.1 Å². The number of hydrogen-bond acceptors (Lipinski definition) is 6. The Morgan fingerprint density at radius 2 is 1.84 bits per heavy atom. The molecule has 3 atom stereocenters. The Labute approximate surface area is 261 Å². The zero-order chi connectivity index (χ0) is 33.0. The Kier molecular flexibility index (Phi) is 13.1. The van der Waals surface area contributed by atoms with E-state index in [2.05, 4.69) is 34.4 Å². The van der Waals surface area contributed by atoms with E-state index in [0.29, 0.717) is 50.9 Å². The minimum atomic E-state index is -5.08. The Bertz CT molecular complexity index is 1220. The minimum Gasteiger partial charge on any atom is -0.497 e. The number of carbonyl (C=O) groups is 3. The molecule has 2 aliphatic rings. The Morgan fingerprint density at radius 3 is 2.40 bits per heavy atom. The van der Waals surface area contributed by atoms with Gasteiger partial charge in [0.1, 0.15) is 17.4 Å². The number of urea groups is 1. The van der Waals surface area contributed by atoms with Crippen molar-refractivity contribution in [3.05, 3.63) is 48.0 Å². The van der Waals surface area contributed by atoms with Crippen molar-refractivity contribution in [2.24, 2.45) is 11.8 Å². The standard InChI is InChI=1S/C29H43N5O4.C2HF3O2/c1-4-15-38-29(25-8-6-5-7-21(25)2)18-34(19-29)27(35)26(16-22-9-11-24(37-3)12-10-22)33-28(36)31-14-13-23-17-30-20-32-23;3-2(4,5)1(6)7/h9-12,17,20-21,25-26H,4-8,13-16,18-19H2,1-3H3,(H,30,32)(H2,31,33,36);(H,6,7). The maximum atomic E-state index is 13.8. The van der Waals surface area contributed by atoms with E-state index in [0.717, 1.165) is 29.8 Å². The third-order valence-electron chi connectivity index (χ3n) is 8.28. The number of halogens is 3. The summed E-state index contributed by atoms with van der Waals surface area (Å²) >= 11 is 0. The van der Waals surface area contributed by atoms with Crippen LogP contribution in [0.1, 0.15) is 57.2 Å². The maximum absolute atomic E-state index is 13.8. The molecular weight excluding hydrogens is 595 g/mol. The quantitative estimate of drug-likeness (QED) is 0.270. The molecule has 0 bridgehead atoms. The molecule has 1 aromatic heterocycles. The Hall–Kier alpha value is -3.81. The van der Waals surface area contributed by atoms with Gasteiger partial charge in [-0.15, -0.1) is 0 Å². The van der Waals surface area contributed by atoms with Crippen LogP contribution in [0.2, 0.25) is 0 Å². The topological polar surface area (TPSA) is 146 Å². The Balaban J connectivity index is 0.000000707. The van der Waals surface area contributed by atoms with Crippen molar-refractivity contribution in [2.75, 3.05) is 33.4 Å². The molecule has 4 rings (SSSR count). The van der Waals surface area contributed by atoms with Gasteiger partial charge >= 0.3 is 18.2 Å². The number of ether oxygens (including phenoxy) is 2. The molecule has 3 amide bonds. The van der Waals surface area contributed by atoms with Crippen LogP contribution >= 0.6 is 0 Å². The molecular formula is C31H44F3N5O6. The lowest BCUT2D eigenvalue weighted by molar-refractivity contribution is -0.199. The second-order valence-corrected chi connectivity index (χ2v) is 11.6. The molecule has 1 saturated carbocycles. The van der Waals surface area contributed by atoms with Gasteiger partial charge in [0.15, 0.2) is 0 Å². The third-order valence-corrected chi connectivity index (χ3v) is 8.28. The highest BCUT2D eigenvalue weighted by Crippen LogP contribution is 2.44. The largest absolute Gasteiger partial charge is 0.497 e. The second kappa shape index (κ2) is 16.5. The lowest BCUT2D eigenvalue weighted by Gasteiger charge is -2.56. The van der Waals surface area contributed by atoms with Gasteiger partial charge in [0, 0.05) is 32.2 Å². The molecule has 0 spiro atoms. The number of aliphatic carboxylic acids is 1. The average molecular weight is 640 g/mol. The Morgan fingerprint density at radius 1 is 1.18 bits per heavy atom. The number of hydrogen-bond donors (Lipinski definition) is 4. The highest BCUT2D eigenvalue weighted by atomic mass is 19.4. The average Bonchev–Trinajstić information content (AvgIpc) is 3.50. The van der Waals surface area contributed by atoms with Crippen LogP contribution in [0.25, 0.3) is 0 Å². The van der Waals surface area contributed by atoms with Gasteiger partial charge in [0.25, 0.3) is 0 Å². The van der Waals surface area contributed by atoms with Crippen LogP contribution in [0, 0.1) is 11.8 Å². The van der Waals surface area contributed by atoms with Crippen molar-refractivity contribution in [1.82, 2.24) is 25.5 Å². The fraction of sp³-hybridized carbons (Fsp3) is 0.613. The number of aromatic amines is 1.